The smallest absolute Gasteiger partial charge is 0.191 e. The monoisotopic (exact) mass is 471 g/mol. The van der Waals surface area contributed by atoms with E-state index >= 15 is 0 Å². The van der Waals surface area contributed by atoms with Gasteiger partial charge >= 0.3 is 0 Å². The highest BCUT2D eigenvalue weighted by Gasteiger charge is 2.05. The number of hydrogen-bond donors (Lipinski definition) is 2. The van der Waals surface area contributed by atoms with Gasteiger partial charge in [0, 0.05) is 45.0 Å². The number of aromatic nitrogens is 1. The number of benzene rings is 1. The Balaban J connectivity index is 0.00000338. The second-order valence-electron chi connectivity index (χ2n) is 5.57. The average molecular weight is 471 g/mol. The lowest BCUT2D eigenvalue weighted by Gasteiger charge is -2.19. The van der Waals surface area contributed by atoms with Crippen molar-refractivity contribution in [1.29, 1.82) is 0 Å². The van der Waals surface area contributed by atoms with Crippen molar-refractivity contribution < 1.29 is 4.39 Å². The molecule has 2 rings (SSSR count). The van der Waals surface area contributed by atoms with Crippen LogP contribution in [0.2, 0.25) is 0 Å². The standard InChI is InChI=1S/C19H26FN5.HI/c1-4-25(5-2)18-11-10-15(12-22-18)13-23-19(21-3)24-14-16-8-6-7-9-17(16)20;/h6-12H,4-5,13-14H2,1-3H3,(H2,21,23,24);1H. The van der Waals surface area contributed by atoms with Crippen molar-refractivity contribution in [2.75, 3.05) is 25.0 Å². The van der Waals surface area contributed by atoms with Crippen molar-refractivity contribution >= 4 is 35.8 Å². The van der Waals surface area contributed by atoms with E-state index in [2.05, 4.69) is 45.4 Å². The van der Waals surface area contributed by atoms with Crippen molar-refractivity contribution in [3.8, 4) is 0 Å². The average Bonchev–Trinajstić information content (AvgIpc) is 2.65. The number of nitrogens with zero attached hydrogens (tertiary/aromatic N) is 3. The molecular weight excluding hydrogens is 444 g/mol. The summed E-state index contributed by atoms with van der Waals surface area (Å²) in [6, 6.07) is 10.8. The van der Waals surface area contributed by atoms with Crippen LogP contribution in [0.5, 0.6) is 0 Å². The summed E-state index contributed by atoms with van der Waals surface area (Å²) < 4.78 is 13.6. The van der Waals surface area contributed by atoms with E-state index in [0.29, 0.717) is 24.6 Å². The lowest BCUT2D eigenvalue weighted by molar-refractivity contribution is 0.604. The van der Waals surface area contributed by atoms with Crippen LogP contribution >= 0.6 is 24.0 Å². The number of hydrogen-bond acceptors (Lipinski definition) is 3. The number of halogens is 2. The van der Waals surface area contributed by atoms with Gasteiger partial charge in [-0.15, -0.1) is 24.0 Å². The van der Waals surface area contributed by atoms with Gasteiger partial charge in [-0.1, -0.05) is 24.3 Å². The molecule has 0 saturated carbocycles. The van der Waals surface area contributed by atoms with Crippen LogP contribution in [0.3, 0.4) is 0 Å². The minimum atomic E-state index is -0.221. The number of nitrogens with one attached hydrogen (secondary N) is 2. The minimum Gasteiger partial charge on any atom is -0.357 e. The fourth-order valence-corrected chi connectivity index (χ4v) is 2.48. The minimum absolute atomic E-state index is 0. The maximum absolute atomic E-state index is 13.6. The summed E-state index contributed by atoms with van der Waals surface area (Å²) in [4.78, 5) is 10.9. The Labute approximate surface area is 172 Å². The molecule has 2 aromatic rings. The molecule has 5 nitrogen and oxygen atoms in total. The molecule has 1 aromatic carbocycles. The first-order valence-corrected chi connectivity index (χ1v) is 8.55. The zero-order chi connectivity index (χ0) is 18.1. The van der Waals surface area contributed by atoms with Crippen LogP contribution in [0.1, 0.15) is 25.0 Å². The molecule has 0 fully saturated rings. The fourth-order valence-electron chi connectivity index (χ4n) is 2.48. The first kappa shape index (κ1) is 22.1. The first-order valence-electron chi connectivity index (χ1n) is 8.55. The molecule has 142 valence electrons. The number of aliphatic imine (C=N–C) groups is 1. The number of rotatable bonds is 7. The van der Waals surface area contributed by atoms with Gasteiger partial charge in [-0.2, -0.15) is 0 Å². The lowest BCUT2D eigenvalue weighted by atomic mass is 10.2. The Morgan fingerprint density at radius 3 is 2.35 bits per heavy atom. The maximum Gasteiger partial charge on any atom is 0.191 e. The van der Waals surface area contributed by atoms with Gasteiger partial charge < -0.3 is 15.5 Å². The molecule has 0 bridgehead atoms. The third kappa shape index (κ3) is 6.44. The molecule has 1 heterocycles. The number of pyridine rings is 1. The van der Waals surface area contributed by atoms with Gasteiger partial charge in [-0.3, -0.25) is 4.99 Å². The van der Waals surface area contributed by atoms with Crippen LogP contribution in [0.25, 0.3) is 0 Å². The molecular formula is C19H27FIN5. The van der Waals surface area contributed by atoms with Crippen LogP contribution in [0, 0.1) is 5.82 Å². The highest BCUT2D eigenvalue weighted by molar-refractivity contribution is 14.0. The molecule has 0 aliphatic rings. The molecule has 26 heavy (non-hydrogen) atoms. The van der Waals surface area contributed by atoms with Gasteiger partial charge in [-0.25, -0.2) is 9.37 Å². The van der Waals surface area contributed by atoms with E-state index < -0.39 is 0 Å². The van der Waals surface area contributed by atoms with E-state index in [4.69, 9.17) is 0 Å². The summed E-state index contributed by atoms with van der Waals surface area (Å²) in [5, 5.41) is 6.33. The molecule has 2 N–H and O–H groups in total. The van der Waals surface area contributed by atoms with E-state index in [-0.39, 0.29) is 29.8 Å². The second-order valence-corrected chi connectivity index (χ2v) is 5.57. The van der Waals surface area contributed by atoms with Gasteiger partial charge in [0.05, 0.1) is 0 Å². The third-order valence-electron chi connectivity index (χ3n) is 3.98. The van der Waals surface area contributed by atoms with Crippen molar-refractivity contribution in [3.05, 3.63) is 59.5 Å². The highest BCUT2D eigenvalue weighted by Crippen LogP contribution is 2.10. The Hall–Kier alpha value is -1.90. The Morgan fingerprint density at radius 1 is 1.08 bits per heavy atom. The van der Waals surface area contributed by atoms with Crippen molar-refractivity contribution in [3.63, 3.8) is 0 Å². The normalized spacial score (nSPS) is 10.8. The summed E-state index contributed by atoms with van der Waals surface area (Å²) in [6.07, 6.45) is 1.87. The largest absolute Gasteiger partial charge is 0.357 e. The van der Waals surface area contributed by atoms with Gasteiger partial charge in [0.15, 0.2) is 5.96 Å². The molecule has 0 saturated heterocycles. The summed E-state index contributed by atoms with van der Waals surface area (Å²) >= 11 is 0. The molecule has 0 aliphatic heterocycles. The summed E-state index contributed by atoms with van der Waals surface area (Å²) in [6.45, 7) is 7.09. The molecule has 0 atom stereocenters. The molecule has 0 radical (unpaired) electrons. The van der Waals surface area contributed by atoms with E-state index in [0.717, 1.165) is 24.5 Å². The first-order chi connectivity index (χ1) is 12.2. The molecule has 7 heteroatoms. The SMILES string of the molecule is CCN(CC)c1ccc(CNC(=NC)NCc2ccccc2F)cn1.I. The molecule has 0 spiro atoms. The molecule has 1 aromatic heterocycles. The summed E-state index contributed by atoms with van der Waals surface area (Å²) in [7, 11) is 1.69. The van der Waals surface area contributed by atoms with E-state index in [1.54, 1.807) is 19.2 Å². The van der Waals surface area contributed by atoms with Gasteiger partial charge in [-0.05, 0) is 31.5 Å². The Kier molecular flexibility index (Phi) is 9.93. The van der Waals surface area contributed by atoms with E-state index in [1.807, 2.05) is 18.3 Å². The van der Waals surface area contributed by atoms with Gasteiger partial charge in [0.1, 0.15) is 11.6 Å². The van der Waals surface area contributed by atoms with E-state index in [9.17, 15) is 4.39 Å². The molecule has 0 unspecified atom stereocenters. The number of guanidine groups is 1. The Morgan fingerprint density at radius 2 is 1.77 bits per heavy atom. The lowest BCUT2D eigenvalue weighted by Crippen LogP contribution is -2.36. The summed E-state index contributed by atoms with van der Waals surface area (Å²) in [5.41, 5.74) is 1.67. The van der Waals surface area contributed by atoms with Crippen molar-refractivity contribution in [2.45, 2.75) is 26.9 Å². The van der Waals surface area contributed by atoms with Crippen molar-refractivity contribution in [2.24, 2.45) is 4.99 Å². The fraction of sp³-hybridized carbons (Fsp3) is 0.368. The van der Waals surface area contributed by atoms with Crippen LogP contribution in [0.15, 0.2) is 47.6 Å². The second kappa shape index (κ2) is 11.7. The zero-order valence-corrected chi connectivity index (χ0v) is 17.8. The van der Waals surface area contributed by atoms with E-state index in [1.165, 1.54) is 6.07 Å². The zero-order valence-electron chi connectivity index (χ0n) is 15.5. The quantitative estimate of drug-likeness (QED) is 0.369. The number of anilines is 1. The van der Waals surface area contributed by atoms with Crippen LogP contribution in [-0.2, 0) is 13.1 Å². The van der Waals surface area contributed by atoms with Crippen LogP contribution in [-0.4, -0.2) is 31.1 Å². The predicted molar refractivity (Wildman–Crippen MR) is 117 cm³/mol. The summed E-state index contributed by atoms with van der Waals surface area (Å²) in [5.74, 6) is 1.38. The maximum atomic E-state index is 13.6. The van der Waals surface area contributed by atoms with Crippen LogP contribution < -0.4 is 15.5 Å². The van der Waals surface area contributed by atoms with Gasteiger partial charge in [0.2, 0.25) is 0 Å². The van der Waals surface area contributed by atoms with Crippen LogP contribution in [0.4, 0.5) is 10.2 Å². The highest BCUT2D eigenvalue weighted by atomic mass is 127. The Bertz CT molecular complexity index is 687. The topological polar surface area (TPSA) is 52.5 Å². The molecule has 0 aliphatic carbocycles. The third-order valence-corrected chi connectivity index (χ3v) is 3.98. The van der Waals surface area contributed by atoms with Gasteiger partial charge in [0.25, 0.3) is 0 Å². The predicted octanol–water partition coefficient (Wildman–Crippen LogP) is 3.55. The molecule has 0 amide bonds. The van der Waals surface area contributed by atoms with Crippen molar-refractivity contribution in [1.82, 2.24) is 15.6 Å².